The van der Waals surface area contributed by atoms with Crippen molar-refractivity contribution in [2.45, 2.75) is 32.7 Å². The molecule has 1 saturated heterocycles. The molecule has 0 atom stereocenters. The summed E-state index contributed by atoms with van der Waals surface area (Å²) >= 11 is 1.61. The normalized spacial score (nSPS) is 16.8. The van der Waals surface area contributed by atoms with Gasteiger partial charge in [0.05, 0.1) is 4.88 Å². The molecule has 0 unspecified atom stereocenters. The second-order valence-corrected chi connectivity index (χ2v) is 8.04. The Kier molecular flexibility index (Phi) is 4.34. The minimum absolute atomic E-state index is 0.0734. The van der Waals surface area contributed by atoms with Gasteiger partial charge in [0.25, 0.3) is 11.8 Å². The Morgan fingerprint density at radius 2 is 1.68 bits per heavy atom. The number of likely N-dealkylation sites (tertiary alicyclic amines) is 1. The molecule has 0 saturated carbocycles. The van der Waals surface area contributed by atoms with Gasteiger partial charge >= 0.3 is 0 Å². The van der Waals surface area contributed by atoms with Crippen LogP contribution in [0.15, 0.2) is 30.3 Å². The van der Waals surface area contributed by atoms with E-state index in [0.717, 1.165) is 60.5 Å². The molecule has 0 aliphatic carbocycles. The van der Waals surface area contributed by atoms with E-state index >= 15 is 0 Å². The molecule has 2 aromatic rings. The lowest BCUT2D eigenvalue weighted by Gasteiger charge is -2.27. The van der Waals surface area contributed by atoms with Gasteiger partial charge in [0.2, 0.25) is 0 Å². The Bertz CT molecular complexity index is 804. The van der Waals surface area contributed by atoms with Gasteiger partial charge in [0, 0.05) is 36.6 Å². The monoisotopic (exact) mass is 354 g/mol. The zero-order valence-corrected chi connectivity index (χ0v) is 15.3. The number of nitrogens with zero attached hydrogens (tertiary/aromatic N) is 2. The molecule has 1 aromatic carbocycles. The quantitative estimate of drug-likeness (QED) is 0.828. The van der Waals surface area contributed by atoms with E-state index in [9.17, 15) is 9.59 Å². The predicted molar refractivity (Wildman–Crippen MR) is 99.1 cm³/mol. The molecular formula is C20H22N2O2S. The summed E-state index contributed by atoms with van der Waals surface area (Å²) in [7, 11) is 0. The molecule has 0 spiro atoms. The fourth-order valence-electron chi connectivity index (χ4n) is 3.57. The van der Waals surface area contributed by atoms with Gasteiger partial charge in [-0.15, -0.1) is 11.3 Å². The minimum atomic E-state index is 0.0734. The van der Waals surface area contributed by atoms with Gasteiger partial charge in [-0.05, 0) is 49.9 Å². The van der Waals surface area contributed by atoms with E-state index < -0.39 is 0 Å². The summed E-state index contributed by atoms with van der Waals surface area (Å²) in [4.78, 5) is 31.2. The number of hydrogen-bond acceptors (Lipinski definition) is 3. The third kappa shape index (κ3) is 3.21. The second kappa shape index (κ2) is 6.64. The number of hydrogen-bond donors (Lipinski definition) is 0. The van der Waals surface area contributed by atoms with Crippen molar-refractivity contribution < 1.29 is 9.59 Å². The summed E-state index contributed by atoms with van der Waals surface area (Å²) in [5.74, 6) is 0.234. The van der Waals surface area contributed by atoms with Crippen molar-refractivity contribution in [3.8, 4) is 0 Å². The van der Waals surface area contributed by atoms with Crippen LogP contribution in [0.3, 0.4) is 0 Å². The summed E-state index contributed by atoms with van der Waals surface area (Å²) in [6.07, 6.45) is 3.05. The van der Waals surface area contributed by atoms with Crippen LogP contribution in [0.4, 0.5) is 0 Å². The number of amides is 2. The lowest BCUT2D eigenvalue weighted by atomic mass is 10.1. The first kappa shape index (κ1) is 16.3. The van der Waals surface area contributed by atoms with Gasteiger partial charge in [-0.25, -0.2) is 0 Å². The molecule has 25 heavy (non-hydrogen) atoms. The smallest absolute Gasteiger partial charge is 0.263 e. The largest absolute Gasteiger partial charge is 0.338 e. The molecular weight excluding hydrogens is 332 g/mol. The molecule has 2 aliphatic rings. The second-order valence-electron chi connectivity index (χ2n) is 6.90. The van der Waals surface area contributed by atoms with Crippen LogP contribution >= 0.6 is 11.3 Å². The van der Waals surface area contributed by atoms with E-state index in [0.29, 0.717) is 6.54 Å². The topological polar surface area (TPSA) is 40.6 Å². The summed E-state index contributed by atoms with van der Waals surface area (Å²) < 4.78 is 0. The molecule has 4 nitrogen and oxygen atoms in total. The van der Waals surface area contributed by atoms with E-state index in [1.807, 2.05) is 47.1 Å². The molecule has 1 fully saturated rings. The first-order chi connectivity index (χ1) is 12.1. The molecule has 2 amide bonds. The summed E-state index contributed by atoms with van der Waals surface area (Å²) in [5.41, 5.74) is 3.03. The van der Waals surface area contributed by atoms with E-state index in [4.69, 9.17) is 0 Å². The third-order valence-electron chi connectivity index (χ3n) is 5.06. The summed E-state index contributed by atoms with van der Waals surface area (Å²) in [6, 6.07) is 9.74. The maximum Gasteiger partial charge on any atom is 0.263 e. The highest BCUT2D eigenvalue weighted by Gasteiger charge is 2.27. The van der Waals surface area contributed by atoms with Crippen LogP contribution in [-0.4, -0.2) is 41.2 Å². The predicted octanol–water partition coefficient (Wildman–Crippen LogP) is 3.49. The van der Waals surface area contributed by atoms with Crippen molar-refractivity contribution in [3.05, 3.63) is 56.8 Å². The number of fused-ring (bicyclic) bond motifs is 1. The SMILES string of the molecule is Cc1ccc(C(=O)N2CCc3sc(C(=O)N4CCCC4)cc3C2)cc1. The number of carbonyl (C=O) groups is 2. The summed E-state index contributed by atoms with van der Waals surface area (Å²) in [6.45, 7) is 5.09. The van der Waals surface area contributed by atoms with Crippen molar-refractivity contribution in [1.82, 2.24) is 9.80 Å². The Balaban J connectivity index is 1.50. The summed E-state index contributed by atoms with van der Waals surface area (Å²) in [5, 5.41) is 0. The number of rotatable bonds is 2. The molecule has 5 heteroatoms. The number of thiophene rings is 1. The van der Waals surface area contributed by atoms with E-state index in [2.05, 4.69) is 0 Å². The van der Waals surface area contributed by atoms with Crippen LogP contribution in [-0.2, 0) is 13.0 Å². The van der Waals surface area contributed by atoms with Crippen LogP contribution in [0.25, 0.3) is 0 Å². The first-order valence-electron chi connectivity index (χ1n) is 8.88. The average molecular weight is 354 g/mol. The van der Waals surface area contributed by atoms with Crippen LogP contribution in [0, 0.1) is 6.92 Å². The highest BCUT2D eigenvalue weighted by Crippen LogP contribution is 2.30. The average Bonchev–Trinajstić information content (AvgIpc) is 3.30. The van der Waals surface area contributed by atoms with Gasteiger partial charge < -0.3 is 9.80 Å². The van der Waals surface area contributed by atoms with Gasteiger partial charge in [-0.1, -0.05) is 17.7 Å². The van der Waals surface area contributed by atoms with Crippen molar-refractivity contribution in [3.63, 3.8) is 0 Å². The van der Waals surface area contributed by atoms with Gasteiger partial charge in [-0.2, -0.15) is 0 Å². The lowest BCUT2D eigenvalue weighted by molar-refractivity contribution is 0.0735. The molecule has 1 aromatic heterocycles. The van der Waals surface area contributed by atoms with E-state index in [-0.39, 0.29) is 11.8 Å². The molecule has 4 rings (SSSR count). The van der Waals surface area contributed by atoms with E-state index in [1.54, 1.807) is 11.3 Å². The van der Waals surface area contributed by atoms with Crippen LogP contribution in [0.2, 0.25) is 0 Å². The zero-order chi connectivity index (χ0) is 17.4. The minimum Gasteiger partial charge on any atom is -0.338 e. The van der Waals surface area contributed by atoms with Crippen molar-refractivity contribution in [2.75, 3.05) is 19.6 Å². The van der Waals surface area contributed by atoms with Crippen molar-refractivity contribution in [1.29, 1.82) is 0 Å². The zero-order valence-electron chi connectivity index (χ0n) is 14.5. The molecule has 0 radical (unpaired) electrons. The highest BCUT2D eigenvalue weighted by molar-refractivity contribution is 7.14. The molecule has 0 N–H and O–H groups in total. The Labute approximate surface area is 152 Å². The molecule has 130 valence electrons. The van der Waals surface area contributed by atoms with Gasteiger partial charge in [0.15, 0.2) is 0 Å². The maximum absolute atomic E-state index is 12.7. The van der Waals surface area contributed by atoms with Gasteiger partial charge in [-0.3, -0.25) is 9.59 Å². The van der Waals surface area contributed by atoms with Gasteiger partial charge in [0.1, 0.15) is 0 Å². The van der Waals surface area contributed by atoms with Crippen LogP contribution in [0.5, 0.6) is 0 Å². The fraction of sp³-hybridized carbons (Fsp3) is 0.400. The highest BCUT2D eigenvalue weighted by atomic mass is 32.1. The standard InChI is InChI=1S/C20H22N2O2S/c1-14-4-6-15(7-5-14)19(23)22-11-8-17-16(13-22)12-18(25-17)20(24)21-9-2-3-10-21/h4-7,12H,2-3,8-11,13H2,1H3. The Morgan fingerprint density at radius 1 is 0.960 bits per heavy atom. The third-order valence-corrected chi connectivity index (χ3v) is 6.28. The lowest BCUT2D eigenvalue weighted by Crippen LogP contribution is -2.35. The number of aryl methyl sites for hydroxylation is 1. The van der Waals surface area contributed by atoms with Crippen molar-refractivity contribution in [2.24, 2.45) is 0 Å². The van der Waals surface area contributed by atoms with Crippen LogP contribution in [0.1, 0.15) is 48.9 Å². The fourth-order valence-corrected chi connectivity index (χ4v) is 4.70. The number of carbonyl (C=O) groups excluding carboxylic acids is 2. The molecule has 0 bridgehead atoms. The van der Waals surface area contributed by atoms with Crippen LogP contribution < -0.4 is 0 Å². The Morgan fingerprint density at radius 3 is 2.40 bits per heavy atom. The van der Waals surface area contributed by atoms with E-state index in [1.165, 1.54) is 4.88 Å². The van der Waals surface area contributed by atoms with Crippen molar-refractivity contribution >= 4 is 23.2 Å². The molecule has 3 heterocycles. The number of benzene rings is 1. The molecule has 2 aliphatic heterocycles. The Hall–Kier alpha value is -2.14. The first-order valence-corrected chi connectivity index (χ1v) is 9.70. The maximum atomic E-state index is 12.7.